The van der Waals surface area contributed by atoms with Crippen LogP contribution >= 0.6 is 0 Å². The lowest BCUT2D eigenvalue weighted by molar-refractivity contribution is -0.115. The highest BCUT2D eigenvalue weighted by molar-refractivity contribution is 5.99. The Kier molecular flexibility index (Phi) is 5.47. The van der Waals surface area contributed by atoms with Crippen LogP contribution in [0.4, 0.5) is 4.79 Å². The van der Waals surface area contributed by atoms with Crippen LogP contribution in [0.2, 0.25) is 0 Å². The van der Waals surface area contributed by atoms with Gasteiger partial charge in [-0.1, -0.05) is 61.7 Å². The van der Waals surface area contributed by atoms with E-state index < -0.39 is 12.1 Å². The molecule has 0 spiro atoms. The number of carbonyl (C=O) groups excluding carboxylic acids is 2. The van der Waals surface area contributed by atoms with Crippen molar-refractivity contribution in [2.75, 3.05) is 0 Å². The van der Waals surface area contributed by atoms with Crippen molar-refractivity contribution in [1.29, 1.82) is 0 Å². The van der Waals surface area contributed by atoms with Crippen LogP contribution in [0.25, 0.3) is 0 Å². The highest BCUT2D eigenvalue weighted by Crippen LogP contribution is 2.31. The minimum absolute atomic E-state index is 0.105. The van der Waals surface area contributed by atoms with Crippen LogP contribution in [0, 0.1) is 5.92 Å². The molecule has 1 fully saturated rings. The Labute approximate surface area is 142 Å². The van der Waals surface area contributed by atoms with Crippen LogP contribution < -0.4 is 5.32 Å². The van der Waals surface area contributed by atoms with E-state index >= 15 is 0 Å². The topological polar surface area (TPSA) is 55.4 Å². The number of ketones is 1. The summed E-state index contributed by atoms with van der Waals surface area (Å²) < 4.78 is 5.20. The van der Waals surface area contributed by atoms with Gasteiger partial charge in [-0.25, -0.2) is 4.79 Å². The number of ether oxygens (including phenoxy) is 1. The van der Waals surface area contributed by atoms with Gasteiger partial charge in [0.1, 0.15) is 12.6 Å². The molecule has 2 aliphatic carbocycles. The molecule has 2 aliphatic rings. The summed E-state index contributed by atoms with van der Waals surface area (Å²) >= 11 is 0. The first kappa shape index (κ1) is 16.5. The fourth-order valence-corrected chi connectivity index (χ4v) is 3.32. The second kappa shape index (κ2) is 7.95. The van der Waals surface area contributed by atoms with Crippen LogP contribution in [0.5, 0.6) is 0 Å². The van der Waals surface area contributed by atoms with Crippen molar-refractivity contribution in [2.45, 2.75) is 44.8 Å². The number of rotatable bonds is 4. The normalized spacial score (nSPS) is 21.2. The molecule has 1 atom stereocenters. The zero-order valence-electron chi connectivity index (χ0n) is 13.7. The largest absolute Gasteiger partial charge is 0.445 e. The highest BCUT2D eigenvalue weighted by atomic mass is 16.5. The standard InChI is InChI=1S/C20H23NO3/c22-19-12-11-17(16-9-5-2-6-10-16)13-18(19)21-20(23)24-14-15-7-3-1-4-8-15/h1,3-4,7-8,11-13,16,18H,2,5-6,9-10,14H2,(H,21,23). The number of allylic oxidation sites excluding steroid dienone is 2. The zero-order chi connectivity index (χ0) is 16.8. The lowest BCUT2D eigenvalue weighted by Crippen LogP contribution is -2.40. The van der Waals surface area contributed by atoms with Crippen molar-refractivity contribution in [3.05, 3.63) is 59.7 Å². The summed E-state index contributed by atoms with van der Waals surface area (Å²) in [7, 11) is 0. The first-order valence-electron chi connectivity index (χ1n) is 8.63. The number of nitrogens with one attached hydrogen (secondary N) is 1. The van der Waals surface area contributed by atoms with Gasteiger partial charge in [0.2, 0.25) is 0 Å². The van der Waals surface area contributed by atoms with E-state index in [1.54, 1.807) is 6.08 Å². The third-order valence-electron chi connectivity index (χ3n) is 4.67. The first-order valence-corrected chi connectivity index (χ1v) is 8.63. The summed E-state index contributed by atoms with van der Waals surface area (Å²) in [5.74, 6) is 0.402. The van der Waals surface area contributed by atoms with Crippen LogP contribution in [-0.2, 0) is 16.1 Å². The Morgan fingerprint density at radius 1 is 1.08 bits per heavy atom. The SMILES string of the molecule is O=C(NC1C=C(C2CCCCC2)C=CC1=O)OCc1ccccc1. The number of carbonyl (C=O) groups is 2. The van der Waals surface area contributed by atoms with Crippen molar-refractivity contribution in [1.82, 2.24) is 5.32 Å². The first-order chi connectivity index (χ1) is 11.7. The van der Waals surface area contributed by atoms with Gasteiger partial charge in [0.25, 0.3) is 0 Å². The molecule has 126 valence electrons. The molecule has 1 aromatic carbocycles. The van der Waals surface area contributed by atoms with Crippen molar-refractivity contribution in [3.63, 3.8) is 0 Å². The maximum atomic E-state index is 12.0. The second-order valence-electron chi connectivity index (χ2n) is 6.42. The zero-order valence-corrected chi connectivity index (χ0v) is 13.7. The molecule has 0 saturated heterocycles. The molecule has 4 nitrogen and oxygen atoms in total. The predicted octanol–water partition coefficient (Wildman–Crippen LogP) is 3.93. The molecule has 3 rings (SSSR count). The summed E-state index contributed by atoms with van der Waals surface area (Å²) in [5, 5.41) is 2.67. The van der Waals surface area contributed by atoms with E-state index in [0.717, 1.165) is 18.4 Å². The predicted molar refractivity (Wildman–Crippen MR) is 92.4 cm³/mol. The molecule has 0 bridgehead atoms. The average molecular weight is 325 g/mol. The summed E-state index contributed by atoms with van der Waals surface area (Å²) in [6, 6.07) is 8.87. The molecule has 24 heavy (non-hydrogen) atoms. The van der Waals surface area contributed by atoms with Crippen LogP contribution in [0.1, 0.15) is 37.7 Å². The van der Waals surface area contributed by atoms with Crippen molar-refractivity contribution in [3.8, 4) is 0 Å². The molecule has 0 aliphatic heterocycles. The Hall–Kier alpha value is -2.36. The molecule has 1 amide bonds. The quantitative estimate of drug-likeness (QED) is 0.912. The van der Waals surface area contributed by atoms with Gasteiger partial charge < -0.3 is 10.1 Å². The Balaban J connectivity index is 1.56. The Morgan fingerprint density at radius 3 is 2.58 bits per heavy atom. The maximum absolute atomic E-state index is 12.0. The van der Waals surface area contributed by atoms with Crippen molar-refractivity contribution in [2.24, 2.45) is 5.92 Å². The Bertz CT molecular complexity index is 642. The number of alkyl carbamates (subject to hydrolysis) is 1. The smallest absolute Gasteiger partial charge is 0.408 e. The molecular weight excluding hydrogens is 302 g/mol. The fraction of sp³-hybridized carbons (Fsp3) is 0.400. The van der Waals surface area contributed by atoms with E-state index in [9.17, 15) is 9.59 Å². The molecule has 0 radical (unpaired) electrons. The third-order valence-corrected chi connectivity index (χ3v) is 4.67. The second-order valence-corrected chi connectivity index (χ2v) is 6.42. The molecule has 0 heterocycles. The lowest BCUT2D eigenvalue weighted by Gasteiger charge is -2.26. The summed E-state index contributed by atoms with van der Waals surface area (Å²) in [4.78, 5) is 24.0. The van der Waals surface area contributed by atoms with Crippen LogP contribution in [-0.4, -0.2) is 17.9 Å². The van der Waals surface area contributed by atoms with E-state index in [1.165, 1.54) is 24.8 Å². The Morgan fingerprint density at radius 2 is 1.83 bits per heavy atom. The molecule has 1 aromatic rings. The van der Waals surface area contributed by atoms with Crippen LogP contribution in [0.15, 0.2) is 54.1 Å². The van der Waals surface area contributed by atoms with E-state index in [4.69, 9.17) is 4.74 Å². The number of amides is 1. The molecule has 4 heteroatoms. The van der Waals surface area contributed by atoms with Gasteiger partial charge in [-0.05, 0) is 36.0 Å². The van der Waals surface area contributed by atoms with Crippen molar-refractivity contribution < 1.29 is 14.3 Å². The molecular formula is C20H23NO3. The van der Waals surface area contributed by atoms with Gasteiger partial charge in [0.05, 0.1) is 0 Å². The van der Waals surface area contributed by atoms with Crippen molar-refractivity contribution >= 4 is 11.9 Å². The molecule has 0 aromatic heterocycles. The summed E-state index contributed by atoms with van der Waals surface area (Å²) in [6.07, 6.45) is 10.9. The maximum Gasteiger partial charge on any atom is 0.408 e. The highest BCUT2D eigenvalue weighted by Gasteiger charge is 2.24. The van der Waals surface area contributed by atoms with Gasteiger partial charge in [0.15, 0.2) is 5.78 Å². The number of benzene rings is 1. The number of hydrogen-bond acceptors (Lipinski definition) is 3. The van der Waals surface area contributed by atoms with Gasteiger partial charge in [-0.15, -0.1) is 0 Å². The summed E-state index contributed by atoms with van der Waals surface area (Å²) in [5.41, 5.74) is 2.09. The molecule has 1 unspecified atom stereocenters. The lowest BCUT2D eigenvalue weighted by atomic mass is 9.81. The minimum atomic E-state index is -0.616. The number of hydrogen-bond donors (Lipinski definition) is 1. The van der Waals surface area contributed by atoms with E-state index in [0.29, 0.717) is 5.92 Å². The van der Waals surface area contributed by atoms with Gasteiger partial charge in [-0.3, -0.25) is 4.79 Å². The van der Waals surface area contributed by atoms with Gasteiger partial charge >= 0.3 is 6.09 Å². The third kappa shape index (κ3) is 4.34. The fourth-order valence-electron chi connectivity index (χ4n) is 3.32. The monoisotopic (exact) mass is 325 g/mol. The molecule has 1 saturated carbocycles. The van der Waals surface area contributed by atoms with E-state index in [-0.39, 0.29) is 12.4 Å². The average Bonchev–Trinajstić information content (AvgIpc) is 2.63. The molecule has 1 N–H and O–H groups in total. The van der Waals surface area contributed by atoms with E-state index in [1.807, 2.05) is 42.5 Å². The minimum Gasteiger partial charge on any atom is -0.445 e. The summed E-state index contributed by atoms with van der Waals surface area (Å²) in [6.45, 7) is 0.197. The van der Waals surface area contributed by atoms with Gasteiger partial charge in [0, 0.05) is 0 Å². The van der Waals surface area contributed by atoms with Gasteiger partial charge in [-0.2, -0.15) is 0 Å². The van der Waals surface area contributed by atoms with E-state index in [2.05, 4.69) is 5.32 Å². The van der Waals surface area contributed by atoms with Crippen LogP contribution in [0.3, 0.4) is 0 Å².